The Kier molecular flexibility index (Phi) is 4.79. The highest BCUT2D eigenvalue weighted by atomic mass is 32.1. The second kappa shape index (κ2) is 6.59. The molecule has 112 valence electrons. The average Bonchev–Trinajstić information content (AvgIpc) is 3.29. The van der Waals surface area contributed by atoms with E-state index in [4.69, 9.17) is 0 Å². The Bertz CT molecular complexity index is 418. The quantitative estimate of drug-likeness (QED) is 0.743. The van der Waals surface area contributed by atoms with Crippen LogP contribution in [0.4, 0.5) is 0 Å². The zero-order valence-corrected chi connectivity index (χ0v) is 13.7. The van der Waals surface area contributed by atoms with Crippen molar-refractivity contribution in [3.8, 4) is 0 Å². The first-order valence-electron chi connectivity index (χ1n) is 8.23. The van der Waals surface area contributed by atoms with E-state index in [0.29, 0.717) is 0 Å². The topological polar surface area (TPSA) is 15.3 Å². The van der Waals surface area contributed by atoms with E-state index >= 15 is 0 Å². The highest BCUT2D eigenvalue weighted by Gasteiger charge is 2.33. The van der Waals surface area contributed by atoms with Crippen LogP contribution in [-0.2, 0) is 13.1 Å². The Morgan fingerprint density at radius 2 is 1.95 bits per heavy atom. The van der Waals surface area contributed by atoms with Crippen molar-refractivity contribution in [2.75, 3.05) is 13.1 Å². The number of rotatable bonds is 9. The van der Waals surface area contributed by atoms with Crippen LogP contribution in [0.5, 0.6) is 0 Å². The molecule has 20 heavy (non-hydrogen) atoms. The van der Waals surface area contributed by atoms with Crippen LogP contribution in [0.25, 0.3) is 0 Å². The van der Waals surface area contributed by atoms with Gasteiger partial charge < -0.3 is 5.32 Å². The zero-order chi connectivity index (χ0) is 13.9. The summed E-state index contributed by atoms with van der Waals surface area (Å²) in [6, 6.07) is 5.56. The number of thiophene rings is 1. The molecule has 3 heteroatoms. The molecule has 2 aliphatic carbocycles. The smallest absolute Gasteiger partial charge is 0.0331 e. The van der Waals surface area contributed by atoms with Gasteiger partial charge in [-0.2, -0.15) is 0 Å². The largest absolute Gasteiger partial charge is 0.312 e. The molecule has 0 aromatic carbocycles. The summed E-state index contributed by atoms with van der Waals surface area (Å²) in [7, 11) is 0. The summed E-state index contributed by atoms with van der Waals surface area (Å²) in [4.78, 5) is 5.79. The van der Waals surface area contributed by atoms with Crippen LogP contribution < -0.4 is 5.32 Å². The van der Waals surface area contributed by atoms with E-state index in [1.807, 2.05) is 11.3 Å². The van der Waals surface area contributed by atoms with Crippen LogP contribution >= 0.6 is 11.3 Å². The summed E-state index contributed by atoms with van der Waals surface area (Å²) in [5.41, 5.74) is 0. The average molecular weight is 292 g/mol. The molecule has 0 unspecified atom stereocenters. The molecule has 1 N–H and O–H groups in total. The molecule has 0 radical (unpaired) electrons. The van der Waals surface area contributed by atoms with Gasteiger partial charge in [-0.15, -0.1) is 11.3 Å². The second-order valence-corrected chi connectivity index (χ2v) is 8.25. The summed E-state index contributed by atoms with van der Waals surface area (Å²) in [6.07, 6.45) is 5.80. The molecule has 0 saturated heterocycles. The van der Waals surface area contributed by atoms with Gasteiger partial charge in [-0.1, -0.05) is 13.8 Å². The lowest BCUT2D eigenvalue weighted by atomic mass is 10.2. The van der Waals surface area contributed by atoms with Gasteiger partial charge in [-0.05, 0) is 56.2 Å². The van der Waals surface area contributed by atoms with E-state index in [-0.39, 0.29) is 0 Å². The Balaban J connectivity index is 1.47. The maximum atomic E-state index is 3.54. The minimum atomic E-state index is 0.735. The third-order valence-corrected chi connectivity index (χ3v) is 5.25. The van der Waals surface area contributed by atoms with Crippen LogP contribution in [0, 0.1) is 11.8 Å². The van der Waals surface area contributed by atoms with Crippen molar-refractivity contribution in [1.82, 2.24) is 10.2 Å². The third-order valence-electron chi connectivity index (χ3n) is 4.18. The molecular formula is C17H28N2S. The molecule has 1 heterocycles. The van der Waals surface area contributed by atoms with Gasteiger partial charge in [0, 0.05) is 35.4 Å². The van der Waals surface area contributed by atoms with Crippen molar-refractivity contribution in [3.63, 3.8) is 0 Å². The molecule has 2 saturated carbocycles. The SMILES string of the molecule is CC(C)CNCc1ccc(CN(CC2CC2)C2CC2)s1. The second-order valence-electron chi connectivity index (χ2n) is 7.00. The number of nitrogens with zero attached hydrogens (tertiary/aromatic N) is 1. The molecular weight excluding hydrogens is 264 g/mol. The van der Waals surface area contributed by atoms with Gasteiger partial charge in [0.25, 0.3) is 0 Å². The summed E-state index contributed by atoms with van der Waals surface area (Å²) < 4.78 is 0. The first-order valence-corrected chi connectivity index (χ1v) is 9.04. The van der Waals surface area contributed by atoms with Crippen LogP contribution in [0.3, 0.4) is 0 Å². The predicted octanol–water partition coefficient (Wildman–Crippen LogP) is 3.87. The fraction of sp³-hybridized carbons (Fsp3) is 0.765. The molecule has 2 nitrogen and oxygen atoms in total. The van der Waals surface area contributed by atoms with Gasteiger partial charge in [0.15, 0.2) is 0 Å². The summed E-state index contributed by atoms with van der Waals surface area (Å²) in [5, 5.41) is 3.54. The van der Waals surface area contributed by atoms with Crippen LogP contribution in [-0.4, -0.2) is 24.0 Å². The van der Waals surface area contributed by atoms with E-state index in [9.17, 15) is 0 Å². The van der Waals surface area contributed by atoms with Crippen molar-refractivity contribution < 1.29 is 0 Å². The minimum absolute atomic E-state index is 0.735. The Hall–Kier alpha value is -0.380. The lowest BCUT2D eigenvalue weighted by Gasteiger charge is -2.20. The van der Waals surface area contributed by atoms with E-state index in [1.165, 1.54) is 43.6 Å². The summed E-state index contributed by atoms with van der Waals surface area (Å²) in [6.45, 7) is 9.22. The van der Waals surface area contributed by atoms with Gasteiger partial charge in [0.1, 0.15) is 0 Å². The van der Waals surface area contributed by atoms with Gasteiger partial charge >= 0.3 is 0 Å². The lowest BCUT2D eigenvalue weighted by Crippen LogP contribution is -2.27. The van der Waals surface area contributed by atoms with E-state index in [1.54, 1.807) is 4.88 Å². The van der Waals surface area contributed by atoms with E-state index < -0.39 is 0 Å². The Morgan fingerprint density at radius 1 is 1.20 bits per heavy atom. The molecule has 1 aromatic heterocycles. The van der Waals surface area contributed by atoms with E-state index in [2.05, 4.69) is 36.2 Å². The normalized spacial score (nSPS) is 19.2. The van der Waals surface area contributed by atoms with Gasteiger partial charge in [0.2, 0.25) is 0 Å². The van der Waals surface area contributed by atoms with Crippen LogP contribution in [0.1, 0.15) is 49.3 Å². The monoisotopic (exact) mass is 292 g/mol. The van der Waals surface area contributed by atoms with Crippen LogP contribution in [0.2, 0.25) is 0 Å². The third kappa shape index (κ3) is 4.57. The maximum Gasteiger partial charge on any atom is 0.0331 e. The fourth-order valence-corrected chi connectivity index (χ4v) is 3.71. The first-order chi connectivity index (χ1) is 9.70. The van der Waals surface area contributed by atoms with Crippen LogP contribution in [0.15, 0.2) is 12.1 Å². The summed E-state index contributed by atoms with van der Waals surface area (Å²) in [5.74, 6) is 1.75. The molecule has 0 aliphatic heterocycles. The lowest BCUT2D eigenvalue weighted by molar-refractivity contribution is 0.246. The molecule has 1 aromatic rings. The van der Waals surface area contributed by atoms with Crippen molar-refractivity contribution in [2.24, 2.45) is 11.8 Å². The van der Waals surface area contributed by atoms with Gasteiger partial charge in [-0.25, -0.2) is 0 Å². The minimum Gasteiger partial charge on any atom is -0.312 e. The van der Waals surface area contributed by atoms with E-state index in [0.717, 1.165) is 31.0 Å². The Labute approximate surface area is 127 Å². The number of hydrogen-bond donors (Lipinski definition) is 1. The molecule has 0 spiro atoms. The van der Waals surface area contributed by atoms with Crippen molar-refractivity contribution in [2.45, 2.75) is 58.7 Å². The summed E-state index contributed by atoms with van der Waals surface area (Å²) >= 11 is 2.00. The first kappa shape index (κ1) is 14.6. The fourth-order valence-electron chi connectivity index (χ4n) is 2.70. The van der Waals surface area contributed by atoms with Gasteiger partial charge in [0.05, 0.1) is 0 Å². The Morgan fingerprint density at radius 3 is 2.60 bits per heavy atom. The highest BCUT2D eigenvalue weighted by molar-refractivity contribution is 7.11. The zero-order valence-electron chi connectivity index (χ0n) is 12.9. The molecule has 0 amide bonds. The predicted molar refractivity (Wildman–Crippen MR) is 87.0 cm³/mol. The molecule has 2 fully saturated rings. The van der Waals surface area contributed by atoms with Crippen molar-refractivity contribution >= 4 is 11.3 Å². The molecule has 0 atom stereocenters. The number of nitrogens with one attached hydrogen (secondary N) is 1. The standard InChI is InChI=1S/C17H28N2S/c1-13(2)9-18-10-16-7-8-17(20-16)12-19(15-5-6-15)11-14-3-4-14/h7-8,13-15,18H,3-6,9-12H2,1-2H3. The molecule has 3 rings (SSSR count). The molecule has 0 bridgehead atoms. The number of hydrogen-bond acceptors (Lipinski definition) is 3. The van der Waals surface area contributed by atoms with Gasteiger partial charge in [-0.3, -0.25) is 4.90 Å². The maximum absolute atomic E-state index is 3.54. The molecule has 2 aliphatic rings. The highest BCUT2D eigenvalue weighted by Crippen LogP contribution is 2.36. The van der Waals surface area contributed by atoms with Crippen molar-refractivity contribution in [1.29, 1.82) is 0 Å². The van der Waals surface area contributed by atoms with Crippen molar-refractivity contribution in [3.05, 3.63) is 21.9 Å².